The molecule has 3 aliphatic rings. The van der Waals surface area contributed by atoms with Crippen molar-refractivity contribution in [1.82, 2.24) is 30.6 Å². The number of carbonyl (C=O) groups is 2. The molecule has 1 aromatic carbocycles. The van der Waals surface area contributed by atoms with Crippen molar-refractivity contribution in [2.24, 2.45) is 0 Å². The maximum absolute atomic E-state index is 13.0. The van der Waals surface area contributed by atoms with Crippen LogP contribution in [0.4, 0.5) is 0 Å². The molecular weight excluding hydrogens is 645 g/mol. The van der Waals surface area contributed by atoms with E-state index >= 15 is 0 Å². The van der Waals surface area contributed by atoms with Crippen LogP contribution in [-0.4, -0.2) is 44.8 Å². The van der Waals surface area contributed by atoms with E-state index in [0.717, 1.165) is 51.4 Å². The lowest BCUT2D eigenvalue weighted by Gasteiger charge is -2.31. The molecule has 52 heavy (non-hydrogen) atoms. The number of fused-ring (bicyclic) bond motifs is 12. The summed E-state index contributed by atoms with van der Waals surface area (Å²) in [5.74, 6) is -0.285. The van der Waals surface area contributed by atoms with E-state index in [-0.39, 0.29) is 33.5 Å². The predicted molar refractivity (Wildman–Crippen MR) is 208 cm³/mol. The third-order valence-electron chi connectivity index (χ3n) is 12.5. The average Bonchev–Trinajstić information content (AvgIpc) is 3.96. The molecule has 0 atom stereocenters. The van der Waals surface area contributed by atoms with E-state index in [0.29, 0.717) is 24.2 Å². The van der Waals surface area contributed by atoms with Gasteiger partial charge in [-0.1, -0.05) is 31.7 Å². The number of aromatic amines is 4. The standard InChI is InChI=1S/C44H56N6O2/c1-41(2)31-16-20-35(47-31)43(5)24-9-7-11-26-45-39(51)29-14-13-15-30(28-29)40(52)46-27-12-8-10-25-44(6,36-21-17-32(41)48-36)38-23-19-34(50-38)42(3,4)33-18-22-37(43)49-33/h13-23,28,47-50H,7-12,24-27H2,1-6H3,(H,45,51)(H,46,52). The molecule has 6 N–H and O–H groups in total. The fourth-order valence-electron chi connectivity index (χ4n) is 8.42. The molecule has 5 aromatic rings. The van der Waals surface area contributed by atoms with E-state index in [1.54, 1.807) is 24.3 Å². The van der Waals surface area contributed by atoms with E-state index < -0.39 is 0 Å². The van der Waals surface area contributed by atoms with Gasteiger partial charge in [-0.3, -0.25) is 9.59 Å². The van der Waals surface area contributed by atoms with Gasteiger partial charge in [0.05, 0.1) is 0 Å². The largest absolute Gasteiger partial charge is 0.361 e. The van der Waals surface area contributed by atoms with Gasteiger partial charge in [0.2, 0.25) is 0 Å². The Bertz CT molecular complexity index is 1820. The molecule has 8 heteroatoms. The fraction of sp³-hybridized carbons (Fsp3) is 0.455. The third kappa shape index (κ3) is 6.45. The lowest BCUT2D eigenvalue weighted by atomic mass is 9.78. The van der Waals surface area contributed by atoms with Crippen molar-refractivity contribution in [2.75, 3.05) is 13.1 Å². The number of hydrogen-bond acceptors (Lipinski definition) is 2. The second kappa shape index (κ2) is 13.7. The summed E-state index contributed by atoms with van der Waals surface area (Å²) in [7, 11) is 0. The zero-order chi connectivity index (χ0) is 36.7. The smallest absolute Gasteiger partial charge is 0.251 e. The van der Waals surface area contributed by atoms with Gasteiger partial charge in [0.15, 0.2) is 0 Å². The van der Waals surface area contributed by atoms with Gasteiger partial charge in [-0.2, -0.15) is 0 Å². The molecule has 0 saturated carbocycles. The number of benzene rings is 1. The Labute approximate surface area is 308 Å². The van der Waals surface area contributed by atoms with E-state index in [1.165, 1.54) is 45.6 Å². The second-order valence-electron chi connectivity index (χ2n) is 16.8. The van der Waals surface area contributed by atoms with Crippen LogP contribution in [0.5, 0.6) is 0 Å². The molecule has 0 radical (unpaired) electrons. The first-order valence-corrected chi connectivity index (χ1v) is 19.3. The molecule has 2 amide bonds. The van der Waals surface area contributed by atoms with Crippen molar-refractivity contribution >= 4 is 11.8 Å². The highest BCUT2D eigenvalue weighted by molar-refractivity contribution is 5.99. The molecule has 0 spiro atoms. The average molecular weight is 701 g/mol. The van der Waals surface area contributed by atoms with Gasteiger partial charge >= 0.3 is 0 Å². The van der Waals surface area contributed by atoms with Gasteiger partial charge in [-0.15, -0.1) is 0 Å². The third-order valence-corrected chi connectivity index (χ3v) is 12.5. The summed E-state index contributed by atoms with van der Waals surface area (Å²) in [6, 6.07) is 25.2. The van der Waals surface area contributed by atoms with Crippen LogP contribution < -0.4 is 10.6 Å². The summed E-state index contributed by atoms with van der Waals surface area (Å²) in [4.78, 5) is 41.8. The molecule has 12 bridgehead atoms. The summed E-state index contributed by atoms with van der Waals surface area (Å²) in [5.41, 5.74) is 9.43. The van der Waals surface area contributed by atoms with Crippen molar-refractivity contribution in [2.45, 2.75) is 115 Å². The normalized spacial score (nSPS) is 24.0. The van der Waals surface area contributed by atoms with Crippen LogP contribution in [0.1, 0.15) is 159 Å². The molecule has 0 saturated heterocycles. The van der Waals surface area contributed by atoms with Gasteiger partial charge in [0.1, 0.15) is 0 Å². The molecule has 0 fully saturated rings. The first kappa shape index (κ1) is 35.7. The Morgan fingerprint density at radius 1 is 0.423 bits per heavy atom. The number of H-pyrrole nitrogens is 4. The maximum Gasteiger partial charge on any atom is 0.251 e. The van der Waals surface area contributed by atoms with Crippen LogP contribution in [0.15, 0.2) is 72.8 Å². The Morgan fingerprint density at radius 2 is 0.750 bits per heavy atom. The van der Waals surface area contributed by atoms with E-state index in [9.17, 15) is 9.59 Å². The van der Waals surface area contributed by atoms with E-state index in [2.05, 4.69) is 121 Å². The molecule has 7 heterocycles. The zero-order valence-corrected chi connectivity index (χ0v) is 31.8. The minimum absolute atomic E-state index is 0.143. The number of amides is 2. The van der Waals surface area contributed by atoms with Crippen molar-refractivity contribution < 1.29 is 9.59 Å². The van der Waals surface area contributed by atoms with Crippen LogP contribution in [-0.2, 0) is 21.7 Å². The highest BCUT2D eigenvalue weighted by Gasteiger charge is 2.39. The van der Waals surface area contributed by atoms with Gasteiger partial charge in [0, 0.05) is 91.4 Å². The molecule has 0 unspecified atom stereocenters. The van der Waals surface area contributed by atoms with Crippen LogP contribution in [0, 0.1) is 0 Å². The topological polar surface area (TPSA) is 121 Å². The molecule has 274 valence electrons. The van der Waals surface area contributed by atoms with Crippen molar-refractivity contribution in [3.05, 3.63) is 129 Å². The Balaban J connectivity index is 1.30. The second-order valence-corrected chi connectivity index (χ2v) is 16.8. The summed E-state index contributed by atoms with van der Waals surface area (Å²) < 4.78 is 0. The van der Waals surface area contributed by atoms with E-state index in [4.69, 9.17) is 0 Å². The first-order valence-electron chi connectivity index (χ1n) is 19.3. The molecule has 8 nitrogen and oxygen atoms in total. The monoisotopic (exact) mass is 700 g/mol. The SMILES string of the molecule is CC1(C)c2ccc([nH]2)C2(C)CCCCCNC(=O)c3cccc(c3)C(=O)NCCCCCC(C)(c3ccc1[nH]3)c1ccc([nH]1)C(C)(C)c1ccc2[nH]1. The summed E-state index contributed by atoms with van der Waals surface area (Å²) in [6.45, 7) is 15.1. The van der Waals surface area contributed by atoms with Gasteiger partial charge < -0.3 is 30.6 Å². The van der Waals surface area contributed by atoms with Crippen LogP contribution in [0.3, 0.4) is 0 Å². The Hall–Kier alpha value is -4.72. The highest BCUT2D eigenvalue weighted by atomic mass is 16.2. The molecule has 8 rings (SSSR count). The van der Waals surface area contributed by atoms with Crippen LogP contribution in [0.2, 0.25) is 0 Å². The number of rotatable bonds is 0. The Kier molecular flexibility index (Phi) is 9.39. The van der Waals surface area contributed by atoms with Crippen LogP contribution in [0.25, 0.3) is 0 Å². The highest BCUT2D eigenvalue weighted by Crippen LogP contribution is 2.43. The number of aromatic nitrogens is 4. The maximum atomic E-state index is 13.0. The van der Waals surface area contributed by atoms with Gasteiger partial charge in [-0.25, -0.2) is 0 Å². The lowest BCUT2D eigenvalue weighted by Crippen LogP contribution is -2.29. The van der Waals surface area contributed by atoms with Crippen molar-refractivity contribution in [3.8, 4) is 0 Å². The molecule has 4 aromatic heterocycles. The lowest BCUT2D eigenvalue weighted by molar-refractivity contribution is 0.0952. The molecule has 0 aliphatic carbocycles. The minimum atomic E-state index is -0.282. The zero-order valence-electron chi connectivity index (χ0n) is 31.8. The van der Waals surface area contributed by atoms with Crippen molar-refractivity contribution in [1.29, 1.82) is 0 Å². The number of carbonyl (C=O) groups excluding carboxylic acids is 2. The minimum Gasteiger partial charge on any atom is -0.361 e. The van der Waals surface area contributed by atoms with Gasteiger partial charge in [0.25, 0.3) is 11.8 Å². The summed E-state index contributed by atoms with van der Waals surface area (Å²) >= 11 is 0. The summed E-state index contributed by atoms with van der Waals surface area (Å²) in [6.07, 6.45) is 7.57. The van der Waals surface area contributed by atoms with E-state index in [1.807, 2.05) is 0 Å². The quantitative estimate of drug-likeness (QED) is 0.0967. The molecular formula is C44H56N6O2. The fourth-order valence-corrected chi connectivity index (χ4v) is 8.42. The number of hydrogen-bond donors (Lipinski definition) is 6. The Morgan fingerprint density at radius 3 is 1.10 bits per heavy atom. The number of nitrogens with one attached hydrogen (secondary N) is 6. The molecule has 3 aliphatic heterocycles. The van der Waals surface area contributed by atoms with Gasteiger partial charge in [-0.05, 0) is 134 Å². The summed E-state index contributed by atoms with van der Waals surface area (Å²) in [5, 5.41) is 6.16. The first-order chi connectivity index (χ1) is 24.8. The predicted octanol–water partition coefficient (Wildman–Crippen LogP) is 8.87. The van der Waals surface area contributed by atoms with Crippen molar-refractivity contribution in [3.63, 3.8) is 0 Å². The van der Waals surface area contributed by atoms with Crippen LogP contribution >= 0.6 is 0 Å².